The highest BCUT2D eigenvalue weighted by molar-refractivity contribution is 7.11. The van der Waals surface area contributed by atoms with Crippen LogP contribution in [0.25, 0.3) is 5.69 Å². The smallest absolute Gasteiger partial charge is 0.224 e. The van der Waals surface area contributed by atoms with E-state index in [1.165, 1.54) is 0 Å². The standard InChI is InChI=1S/C17H18N4OS/c1-12-16(20-13(2)23-12)10-18-17(22)8-14-9-19-21(11-14)15-6-4-3-5-7-15/h3-7,9,11H,8,10H2,1-2H3,(H,18,22). The fraction of sp³-hybridized carbons (Fsp3) is 0.235. The number of hydrogen-bond acceptors (Lipinski definition) is 4. The Morgan fingerprint density at radius 1 is 1.26 bits per heavy atom. The number of aromatic nitrogens is 3. The number of hydrogen-bond donors (Lipinski definition) is 1. The van der Waals surface area contributed by atoms with Gasteiger partial charge in [0.2, 0.25) is 5.91 Å². The van der Waals surface area contributed by atoms with Crippen LogP contribution >= 0.6 is 11.3 Å². The molecule has 3 aromatic rings. The number of carbonyl (C=O) groups excluding carboxylic acids is 1. The van der Waals surface area contributed by atoms with Crippen molar-refractivity contribution in [3.8, 4) is 5.69 Å². The minimum atomic E-state index is -0.0253. The number of rotatable bonds is 5. The summed E-state index contributed by atoms with van der Waals surface area (Å²) in [7, 11) is 0. The van der Waals surface area contributed by atoms with Crippen molar-refractivity contribution < 1.29 is 4.79 Å². The first-order chi connectivity index (χ1) is 11.1. The van der Waals surface area contributed by atoms with Gasteiger partial charge in [0, 0.05) is 11.1 Å². The number of nitrogens with zero attached hydrogens (tertiary/aromatic N) is 3. The van der Waals surface area contributed by atoms with Crippen LogP contribution in [0.4, 0.5) is 0 Å². The Morgan fingerprint density at radius 3 is 2.74 bits per heavy atom. The normalized spacial score (nSPS) is 10.7. The Balaban J connectivity index is 1.58. The average Bonchev–Trinajstić information content (AvgIpc) is 3.12. The van der Waals surface area contributed by atoms with Gasteiger partial charge in [-0.25, -0.2) is 9.67 Å². The number of aryl methyl sites for hydroxylation is 2. The monoisotopic (exact) mass is 326 g/mol. The number of thiazole rings is 1. The lowest BCUT2D eigenvalue weighted by Gasteiger charge is -2.03. The van der Waals surface area contributed by atoms with Crippen molar-refractivity contribution in [3.63, 3.8) is 0 Å². The molecular formula is C17H18N4OS. The SMILES string of the molecule is Cc1nc(CNC(=O)Cc2cnn(-c3ccccc3)c2)c(C)s1. The zero-order chi connectivity index (χ0) is 16.2. The summed E-state index contributed by atoms with van der Waals surface area (Å²) >= 11 is 1.65. The molecule has 0 saturated heterocycles. The van der Waals surface area contributed by atoms with Crippen molar-refractivity contribution in [1.82, 2.24) is 20.1 Å². The molecule has 118 valence electrons. The Labute approximate surface area is 139 Å². The molecule has 0 aliphatic carbocycles. The highest BCUT2D eigenvalue weighted by Gasteiger charge is 2.09. The fourth-order valence-corrected chi connectivity index (χ4v) is 3.17. The molecule has 0 atom stereocenters. The van der Waals surface area contributed by atoms with E-state index in [-0.39, 0.29) is 5.91 Å². The van der Waals surface area contributed by atoms with Crippen LogP contribution in [0.2, 0.25) is 0 Å². The molecule has 0 unspecified atom stereocenters. The molecular weight excluding hydrogens is 308 g/mol. The quantitative estimate of drug-likeness (QED) is 0.784. The van der Waals surface area contributed by atoms with Gasteiger partial charge in [0.15, 0.2) is 0 Å². The molecule has 0 bridgehead atoms. The molecule has 2 heterocycles. The summed E-state index contributed by atoms with van der Waals surface area (Å²) in [4.78, 5) is 17.6. The lowest BCUT2D eigenvalue weighted by atomic mass is 10.2. The van der Waals surface area contributed by atoms with Gasteiger partial charge in [0.1, 0.15) is 0 Å². The summed E-state index contributed by atoms with van der Waals surface area (Å²) in [6.45, 7) is 4.47. The van der Waals surface area contributed by atoms with E-state index in [0.717, 1.165) is 26.8 Å². The maximum Gasteiger partial charge on any atom is 0.224 e. The molecule has 0 aliphatic heterocycles. The van der Waals surface area contributed by atoms with Gasteiger partial charge in [-0.1, -0.05) is 18.2 Å². The van der Waals surface area contributed by atoms with E-state index < -0.39 is 0 Å². The van der Waals surface area contributed by atoms with E-state index in [4.69, 9.17) is 0 Å². The van der Waals surface area contributed by atoms with Gasteiger partial charge in [-0.3, -0.25) is 4.79 Å². The first-order valence-electron chi connectivity index (χ1n) is 7.40. The zero-order valence-corrected chi connectivity index (χ0v) is 13.9. The molecule has 0 aliphatic rings. The summed E-state index contributed by atoms with van der Waals surface area (Å²) in [5, 5.41) is 8.24. The van der Waals surface area contributed by atoms with Crippen molar-refractivity contribution >= 4 is 17.2 Å². The van der Waals surface area contributed by atoms with Gasteiger partial charge in [-0.2, -0.15) is 5.10 Å². The van der Waals surface area contributed by atoms with Crippen molar-refractivity contribution in [3.05, 3.63) is 63.9 Å². The average molecular weight is 326 g/mol. The highest BCUT2D eigenvalue weighted by atomic mass is 32.1. The lowest BCUT2D eigenvalue weighted by molar-refractivity contribution is -0.120. The predicted molar refractivity (Wildman–Crippen MR) is 90.7 cm³/mol. The first kappa shape index (κ1) is 15.4. The molecule has 0 spiro atoms. The van der Waals surface area contributed by atoms with Crippen LogP contribution < -0.4 is 5.32 Å². The highest BCUT2D eigenvalue weighted by Crippen LogP contribution is 2.16. The van der Waals surface area contributed by atoms with Gasteiger partial charge in [0.05, 0.1) is 35.6 Å². The van der Waals surface area contributed by atoms with Gasteiger partial charge in [-0.15, -0.1) is 11.3 Å². The Kier molecular flexibility index (Phi) is 4.52. The molecule has 0 fully saturated rings. The minimum Gasteiger partial charge on any atom is -0.350 e. The second-order valence-corrected chi connectivity index (χ2v) is 6.73. The topological polar surface area (TPSA) is 59.8 Å². The third-order valence-electron chi connectivity index (χ3n) is 3.47. The van der Waals surface area contributed by atoms with Crippen LogP contribution in [0.5, 0.6) is 0 Å². The van der Waals surface area contributed by atoms with Crippen LogP contribution in [-0.4, -0.2) is 20.7 Å². The number of benzene rings is 1. The van der Waals surface area contributed by atoms with Gasteiger partial charge < -0.3 is 5.32 Å². The van der Waals surface area contributed by atoms with E-state index in [2.05, 4.69) is 15.4 Å². The second kappa shape index (κ2) is 6.75. The lowest BCUT2D eigenvalue weighted by Crippen LogP contribution is -2.24. The van der Waals surface area contributed by atoms with E-state index >= 15 is 0 Å². The summed E-state index contributed by atoms with van der Waals surface area (Å²) < 4.78 is 1.77. The number of para-hydroxylation sites is 1. The summed E-state index contributed by atoms with van der Waals surface area (Å²) in [6, 6.07) is 9.83. The predicted octanol–water partition coefficient (Wildman–Crippen LogP) is 2.80. The molecule has 6 heteroatoms. The summed E-state index contributed by atoms with van der Waals surface area (Å²) in [5.41, 5.74) is 2.81. The zero-order valence-electron chi connectivity index (χ0n) is 13.1. The molecule has 0 saturated carbocycles. The van der Waals surface area contributed by atoms with Crippen LogP contribution in [0.3, 0.4) is 0 Å². The van der Waals surface area contributed by atoms with Crippen LogP contribution in [0.15, 0.2) is 42.7 Å². The Hall–Kier alpha value is -2.47. The van der Waals surface area contributed by atoms with E-state index in [1.54, 1.807) is 22.2 Å². The maximum atomic E-state index is 12.1. The van der Waals surface area contributed by atoms with Crippen molar-refractivity contribution in [2.45, 2.75) is 26.8 Å². The van der Waals surface area contributed by atoms with Crippen molar-refractivity contribution in [2.75, 3.05) is 0 Å². The second-order valence-electron chi connectivity index (χ2n) is 5.32. The van der Waals surface area contributed by atoms with Crippen molar-refractivity contribution in [2.24, 2.45) is 0 Å². The Morgan fingerprint density at radius 2 is 2.04 bits per heavy atom. The third-order valence-corrected chi connectivity index (χ3v) is 4.40. The summed E-state index contributed by atoms with van der Waals surface area (Å²) in [6.07, 6.45) is 3.92. The van der Waals surface area contributed by atoms with Crippen LogP contribution in [0.1, 0.15) is 21.1 Å². The van der Waals surface area contributed by atoms with Crippen LogP contribution in [-0.2, 0) is 17.8 Å². The molecule has 1 N–H and O–H groups in total. The van der Waals surface area contributed by atoms with E-state index in [0.29, 0.717) is 13.0 Å². The number of nitrogens with one attached hydrogen (secondary N) is 1. The molecule has 1 amide bonds. The van der Waals surface area contributed by atoms with Crippen LogP contribution in [0, 0.1) is 13.8 Å². The first-order valence-corrected chi connectivity index (χ1v) is 8.22. The molecule has 5 nitrogen and oxygen atoms in total. The molecule has 1 aromatic carbocycles. The van der Waals surface area contributed by atoms with Crippen molar-refractivity contribution in [1.29, 1.82) is 0 Å². The van der Waals surface area contributed by atoms with Gasteiger partial charge in [0.25, 0.3) is 0 Å². The number of amides is 1. The summed E-state index contributed by atoms with van der Waals surface area (Å²) in [5.74, 6) is -0.0253. The number of carbonyl (C=O) groups is 1. The third kappa shape index (κ3) is 3.84. The minimum absolute atomic E-state index is 0.0253. The molecule has 0 radical (unpaired) electrons. The van der Waals surface area contributed by atoms with Gasteiger partial charge in [-0.05, 0) is 31.5 Å². The molecule has 23 heavy (non-hydrogen) atoms. The largest absolute Gasteiger partial charge is 0.350 e. The molecule has 2 aromatic heterocycles. The molecule has 3 rings (SSSR count). The maximum absolute atomic E-state index is 12.1. The van der Waals surface area contributed by atoms with E-state index in [9.17, 15) is 4.79 Å². The van der Waals surface area contributed by atoms with Gasteiger partial charge >= 0.3 is 0 Å². The Bertz CT molecular complexity index is 807. The van der Waals surface area contributed by atoms with E-state index in [1.807, 2.05) is 50.4 Å². The fourth-order valence-electron chi connectivity index (χ4n) is 2.34.